The lowest BCUT2D eigenvalue weighted by Crippen LogP contribution is -2.40. The van der Waals surface area contributed by atoms with E-state index in [1.165, 1.54) is 4.90 Å². The molecule has 0 fully saturated rings. The summed E-state index contributed by atoms with van der Waals surface area (Å²) in [6.45, 7) is 1.69. The highest BCUT2D eigenvalue weighted by Crippen LogP contribution is 2.20. The van der Waals surface area contributed by atoms with E-state index in [4.69, 9.17) is 0 Å². The number of nitrogens with zero attached hydrogens (tertiary/aromatic N) is 1. The number of carbonyl (C=O) groups excluding carboxylic acids is 3. The molecule has 3 amide bonds. The summed E-state index contributed by atoms with van der Waals surface area (Å²) in [5, 5.41) is 5.54. The minimum Gasteiger partial charge on any atom is -0.349 e. The fraction of sp³-hybridized carbons (Fsp3) is 0.250. The predicted molar refractivity (Wildman–Crippen MR) is 108 cm³/mol. The van der Waals surface area contributed by atoms with E-state index < -0.39 is 0 Å². The van der Waals surface area contributed by atoms with E-state index in [0.717, 1.165) is 4.47 Å². The summed E-state index contributed by atoms with van der Waals surface area (Å²) in [5.41, 5.74) is 1.19. The summed E-state index contributed by atoms with van der Waals surface area (Å²) in [6.07, 6.45) is 0.109. The van der Waals surface area contributed by atoms with E-state index in [2.05, 4.69) is 26.6 Å². The zero-order valence-electron chi connectivity index (χ0n) is 15.2. The molecule has 7 heteroatoms. The van der Waals surface area contributed by atoms with Gasteiger partial charge in [-0.25, -0.2) is 0 Å². The number of nitrogens with one attached hydrogen (secondary N) is 2. The van der Waals surface area contributed by atoms with Crippen molar-refractivity contribution < 1.29 is 14.4 Å². The van der Waals surface area contributed by atoms with Crippen LogP contribution < -0.4 is 10.6 Å². The van der Waals surface area contributed by atoms with Crippen LogP contribution in [0.1, 0.15) is 23.7 Å². The van der Waals surface area contributed by atoms with E-state index in [9.17, 15) is 14.4 Å². The molecule has 0 aliphatic heterocycles. The van der Waals surface area contributed by atoms with Crippen molar-refractivity contribution in [1.29, 1.82) is 0 Å². The van der Waals surface area contributed by atoms with Gasteiger partial charge in [0.25, 0.3) is 5.91 Å². The van der Waals surface area contributed by atoms with Crippen molar-refractivity contribution in [2.75, 3.05) is 18.9 Å². The molecule has 0 aliphatic carbocycles. The molecule has 2 N–H and O–H groups in total. The van der Waals surface area contributed by atoms with Crippen LogP contribution in [-0.4, -0.2) is 42.3 Å². The zero-order valence-corrected chi connectivity index (χ0v) is 16.8. The van der Waals surface area contributed by atoms with Crippen LogP contribution in [0.15, 0.2) is 59.1 Å². The highest BCUT2D eigenvalue weighted by Gasteiger charge is 2.18. The van der Waals surface area contributed by atoms with Crippen molar-refractivity contribution in [3.05, 3.63) is 64.6 Å². The quantitative estimate of drug-likeness (QED) is 0.706. The van der Waals surface area contributed by atoms with E-state index in [-0.39, 0.29) is 36.7 Å². The fourth-order valence-corrected chi connectivity index (χ4v) is 2.81. The largest absolute Gasteiger partial charge is 0.349 e. The van der Waals surface area contributed by atoms with Crippen molar-refractivity contribution in [3.63, 3.8) is 0 Å². The molecule has 142 valence electrons. The summed E-state index contributed by atoms with van der Waals surface area (Å²) in [4.78, 5) is 37.9. The van der Waals surface area contributed by atoms with Gasteiger partial charge in [-0.2, -0.15) is 0 Å². The van der Waals surface area contributed by atoms with Crippen molar-refractivity contribution >= 4 is 39.3 Å². The Balaban J connectivity index is 1.81. The molecule has 0 aromatic heterocycles. The molecular weight excluding hydrogens is 410 g/mol. The topological polar surface area (TPSA) is 78.5 Å². The first-order chi connectivity index (χ1) is 12.9. The van der Waals surface area contributed by atoms with Gasteiger partial charge in [0.1, 0.15) is 0 Å². The zero-order chi connectivity index (χ0) is 19.8. The second-order valence-corrected chi connectivity index (χ2v) is 7.08. The molecule has 6 nitrogen and oxygen atoms in total. The lowest BCUT2D eigenvalue weighted by atomic mass is 10.1. The SMILES string of the molecule is CC(CC(=O)N(C)CC(=O)Nc1ccccc1Br)NC(=O)c1ccccc1. The molecule has 0 saturated carbocycles. The van der Waals surface area contributed by atoms with Crippen LogP contribution in [0, 0.1) is 0 Å². The van der Waals surface area contributed by atoms with Gasteiger partial charge in [-0.3, -0.25) is 14.4 Å². The summed E-state index contributed by atoms with van der Waals surface area (Å²) in [6, 6.07) is 15.7. The Morgan fingerprint density at radius 2 is 1.67 bits per heavy atom. The number of hydrogen-bond acceptors (Lipinski definition) is 3. The van der Waals surface area contributed by atoms with Crippen LogP contribution in [0.25, 0.3) is 0 Å². The number of amides is 3. The highest BCUT2D eigenvalue weighted by atomic mass is 79.9. The van der Waals surface area contributed by atoms with Gasteiger partial charge in [0.05, 0.1) is 12.2 Å². The Bertz CT molecular complexity index is 811. The number of rotatable bonds is 7. The predicted octanol–water partition coefficient (Wildman–Crippen LogP) is 3.05. The monoisotopic (exact) mass is 431 g/mol. The van der Waals surface area contributed by atoms with Crippen LogP contribution in [0.2, 0.25) is 0 Å². The Morgan fingerprint density at radius 3 is 2.33 bits per heavy atom. The number of benzene rings is 2. The van der Waals surface area contributed by atoms with E-state index >= 15 is 0 Å². The molecule has 0 aliphatic rings. The third-order valence-electron chi connectivity index (χ3n) is 3.85. The Kier molecular flexibility index (Phi) is 7.55. The van der Waals surface area contributed by atoms with Crippen LogP contribution in [0.3, 0.4) is 0 Å². The normalized spacial score (nSPS) is 11.4. The number of likely N-dealkylation sites (N-methyl/N-ethyl adjacent to an activating group) is 1. The Hall–Kier alpha value is -2.67. The minimum absolute atomic E-state index is 0.0699. The Labute approximate surface area is 167 Å². The maximum Gasteiger partial charge on any atom is 0.251 e. The molecule has 0 bridgehead atoms. The molecule has 2 aromatic carbocycles. The fourth-order valence-electron chi connectivity index (χ4n) is 2.42. The maximum atomic E-state index is 12.3. The molecular formula is C20H22BrN3O3. The third-order valence-corrected chi connectivity index (χ3v) is 4.54. The van der Waals surface area contributed by atoms with Crippen LogP contribution in [-0.2, 0) is 9.59 Å². The molecule has 1 atom stereocenters. The smallest absolute Gasteiger partial charge is 0.251 e. The molecule has 2 rings (SSSR count). The first-order valence-corrected chi connectivity index (χ1v) is 9.30. The molecule has 1 unspecified atom stereocenters. The first kappa shape index (κ1) is 20.6. The third kappa shape index (κ3) is 6.53. The van der Waals surface area contributed by atoms with Crippen LogP contribution in [0.4, 0.5) is 5.69 Å². The maximum absolute atomic E-state index is 12.3. The molecule has 27 heavy (non-hydrogen) atoms. The molecule has 2 aromatic rings. The van der Waals surface area contributed by atoms with Gasteiger partial charge in [0.2, 0.25) is 11.8 Å². The van der Waals surface area contributed by atoms with E-state index in [1.807, 2.05) is 24.3 Å². The van der Waals surface area contributed by atoms with Crippen LogP contribution >= 0.6 is 15.9 Å². The standard InChI is InChI=1S/C20H22BrN3O3/c1-14(22-20(27)15-8-4-3-5-9-15)12-19(26)24(2)13-18(25)23-17-11-7-6-10-16(17)21/h3-11,14H,12-13H2,1-2H3,(H,22,27)(H,23,25). The highest BCUT2D eigenvalue weighted by molar-refractivity contribution is 9.10. The first-order valence-electron chi connectivity index (χ1n) is 8.51. The molecule has 0 radical (unpaired) electrons. The van der Waals surface area contributed by atoms with Gasteiger partial charge in [0, 0.05) is 29.5 Å². The van der Waals surface area contributed by atoms with Crippen molar-refractivity contribution in [1.82, 2.24) is 10.2 Å². The van der Waals surface area contributed by atoms with Crippen molar-refractivity contribution in [2.45, 2.75) is 19.4 Å². The van der Waals surface area contributed by atoms with E-state index in [1.54, 1.807) is 44.3 Å². The number of halogens is 1. The van der Waals surface area contributed by atoms with Gasteiger partial charge in [-0.05, 0) is 47.1 Å². The second-order valence-electron chi connectivity index (χ2n) is 6.22. The second kappa shape index (κ2) is 9.87. The lowest BCUT2D eigenvalue weighted by molar-refractivity contribution is -0.133. The van der Waals surface area contributed by atoms with E-state index in [0.29, 0.717) is 11.3 Å². The van der Waals surface area contributed by atoms with Crippen molar-refractivity contribution in [2.24, 2.45) is 0 Å². The summed E-state index contributed by atoms with van der Waals surface area (Å²) in [5.74, 6) is -0.748. The summed E-state index contributed by atoms with van der Waals surface area (Å²) >= 11 is 3.36. The molecule has 0 saturated heterocycles. The van der Waals surface area contributed by atoms with Crippen molar-refractivity contribution in [3.8, 4) is 0 Å². The summed E-state index contributed by atoms with van der Waals surface area (Å²) < 4.78 is 0.768. The molecule has 0 spiro atoms. The lowest BCUT2D eigenvalue weighted by Gasteiger charge is -2.20. The van der Waals surface area contributed by atoms with Gasteiger partial charge in [0.15, 0.2) is 0 Å². The van der Waals surface area contributed by atoms with Gasteiger partial charge >= 0.3 is 0 Å². The summed E-state index contributed by atoms with van der Waals surface area (Å²) in [7, 11) is 1.56. The van der Waals surface area contributed by atoms with Gasteiger partial charge < -0.3 is 15.5 Å². The number of hydrogen-bond donors (Lipinski definition) is 2. The minimum atomic E-state index is -0.348. The average Bonchev–Trinajstić information content (AvgIpc) is 2.64. The average molecular weight is 432 g/mol. The number of carbonyl (C=O) groups is 3. The number of anilines is 1. The van der Waals surface area contributed by atoms with Crippen LogP contribution in [0.5, 0.6) is 0 Å². The Morgan fingerprint density at radius 1 is 1.04 bits per heavy atom. The number of para-hydroxylation sites is 1. The van der Waals surface area contributed by atoms with Gasteiger partial charge in [-0.1, -0.05) is 30.3 Å². The molecule has 0 heterocycles. The van der Waals surface area contributed by atoms with Gasteiger partial charge in [-0.15, -0.1) is 0 Å².